The SMILES string of the molecule is CC1(C)c2ccc(-c3ccccccc(C4=CC=CC(c5cccc6c5CCC=C6)C4)c4c3=CCCC=4)cc2-c2c1c1c3c(oc1c1ccccc21)C=CCC3. The second-order valence-corrected chi connectivity index (χ2v) is 16.8. The molecule has 0 fully saturated rings. The zero-order valence-electron chi connectivity index (χ0n) is 32.4. The van der Waals surface area contributed by atoms with E-state index >= 15 is 0 Å². The van der Waals surface area contributed by atoms with Crippen LogP contribution in [0.2, 0.25) is 0 Å². The van der Waals surface area contributed by atoms with E-state index in [1.165, 1.54) is 93.4 Å². The molecule has 0 amide bonds. The number of rotatable bonds is 3. The maximum atomic E-state index is 6.72. The van der Waals surface area contributed by atoms with E-state index in [4.69, 9.17) is 4.42 Å². The van der Waals surface area contributed by atoms with Crippen molar-refractivity contribution in [2.24, 2.45) is 0 Å². The van der Waals surface area contributed by atoms with Gasteiger partial charge < -0.3 is 4.42 Å². The Hall–Kier alpha value is -5.92. The molecule has 0 saturated heterocycles. The fourth-order valence-corrected chi connectivity index (χ4v) is 10.7. The Balaban J connectivity index is 1.11. The van der Waals surface area contributed by atoms with Crippen LogP contribution in [0.4, 0.5) is 0 Å². The Bertz CT molecular complexity index is 2970. The molecule has 5 aliphatic carbocycles. The van der Waals surface area contributed by atoms with Crippen LogP contribution in [0.1, 0.15) is 96.6 Å². The average Bonchev–Trinajstić information content (AvgIpc) is 3.74. The van der Waals surface area contributed by atoms with Gasteiger partial charge in [0.1, 0.15) is 11.3 Å². The molecule has 0 spiro atoms. The number of benzene rings is 4. The van der Waals surface area contributed by atoms with Crippen molar-refractivity contribution < 1.29 is 4.42 Å². The number of fused-ring (bicyclic) bond motifs is 12. The Morgan fingerprint density at radius 1 is 0.661 bits per heavy atom. The Labute approximate surface area is 329 Å². The number of furan rings is 1. The van der Waals surface area contributed by atoms with Crippen molar-refractivity contribution in [1.82, 2.24) is 0 Å². The summed E-state index contributed by atoms with van der Waals surface area (Å²) in [6.45, 7) is 4.84. The molecule has 0 N–H and O–H groups in total. The van der Waals surface area contributed by atoms with E-state index in [1.807, 2.05) is 0 Å². The fraction of sp³-hybridized carbons (Fsp3) is 0.200. The summed E-state index contributed by atoms with van der Waals surface area (Å²) in [5.74, 6) is 1.40. The van der Waals surface area contributed by atoms with Gasteiger partial charge in [-0.3, -0.25) is 0 Å². The average molecular weight is 723 g/mol. The summed E-state index contributed by atoms with van der Waals surface area (Å²) in [5.41, 5.74) is 17.5. The van der Waals surface area contributed by atoms with Gasteiger partial charge in [0.05, 0.1) is 0 Å². The number of hydrogen-bond donors (Lipinski definition) is 0. The van der Waals surface area contributed by atoms with Crippen LogP contribution >= 0.6 is 0 Å². The van der Waals surface area contributed by atoms with Gasteiger partial charge in [-0.2, -0.15) is 0 Å². The van der Waals surface area contributed by atoms with Gasteiger partial charge >= 0.3 is 0 Å². The quantitative estimate of drug-likeness (QED) is 0.177. The molecule has 1 heteroatoms. The molecule has 1 aromatic heterocycles. The summed E-state index contributed by atoms with van der Waals surface area (Å²) >= 11 is 0. The molecule has 0 saturated carbocycles. The maximum absolute atomic E-state index is 6.72. The number of allylic oxidation sites excluding steroid dienone is 6. The predicted molar refractivity (Wildman–Crippen MR) is 237 cm³/mol. The first-order chi connectivity index (χ1) is 27.6. The van der Waals surface area contributed by atoms with Crippen molar-refractivity contribution >= 4 is 51.6 Å². The lowest BCUT2D eigenvalue weighted by Gasteiger charge is -2.24. The van der Waals surface area contributed by atoms with Gasteiger partial charge in [0.25, 0.3) is 0 Å². The van der Waals surface area contributed by atoms with Gasteiger partial charge in [-0.05, 0) is 134 Å². The van der Waals surface area contributed by atoms with Crippen LogP contribution in [-0.2, 0) is 18.3 Å². The molecule has 1 atom stereocenters. The van der Waals surface area contributed by atoms with Crippen LogP contribution in [0.5, 0.6) is 0 Å². The molecule has 6 aromatic rings. The van der Waals surface area contributed by atoms with Crippen LogP contribution in [0, 0.1) is 0 Å². The largest absolute Gasteiger partial charge is 0.456 e. The van der Waals surface area contributed by atoms with Crippen molar-refractivity contribution in [1.29, 1.82) is 0 Å². The standard InChI is InChI=1S/C55H46O/c1-55(2)49-32-31-38(34-48(49)51-45-26-11-12-27-46(45)54-52(53(51)55)47-28-13-14-30-50(47)56-54)42-22-6-4-3-5-21-41(43-24-9-10-25-44(42)43)37-20-15-19-36(33-37)40-29-16-18-35-17-7-8-23-39(35)40/h3-7,11-12,14-22,24-27,29-32,34,36H,8-10,13,23,28,33H2,1-2H3. The van der Waals surface area contributed by atoms with Crippen LogP contribution < -0.4 is 10.4 Å². The molecule has 1 heterocycles. The summed E-state index contributed by atoms with van der Waals surface area (Å²) in [6, 6.07) is 36.7. The van der Waals surface area contributed by atoms with Crippen molar-refractivity contribution in [3.05, 3.63) is 183 Å². The highest BCUT2D eigenvalue weighted by Crippen LogP contribution is 2.56. The van der Waals surface area contributed by atoms with E-state index in [0.717, 1.165) is 56.3 Å². The third-order valence-corrected chi connectivity index (χ3v) is 13.2. The van der Waals surface area contributed by atoms with E-state index in [2.05, 4.69) is 166 Å². The van der Waals surface area contributed by atoms with Crippen molar-refractivity contribution in [3.63, 3.8) is 0 Å². The van der Waals surface area contributed by atoms with Gasteiger partial charge in [-0.1, -0.05) is 153 Å². The third-order valence-electron chi connectivity index (χ3n) is 13.2. The second kappa shape index (κ2) is 13.1. The summed E-state index contributed by atoms with van der Waals surface area (Å²) in [6.07, 6.45) is 28.6. The van der Waals surface area contributed by atoms with Crippen LogP contribution in [0.15, 0.2) is 132 Å². The lowest BCUT2D eigenvalue weighted by Crippen LogP contribution is -2.31. The van der Waals surface area contributed by atoms with E-state index in [-0.39, 0.29) is 5.41 Å². The normalized spacial score (nSPS) is 18.2. The third kappa shape index (κ3) is 5.13. The Kier molecular flexibility index (Phi) is 7.82. The first-order valence-corrected chi connectivity index (χ1v) is 20.7. The molecule has 0 radical (unpaired) electrons. The van der Waals surface area contributed by atoms with Gasteiger partial charge in [-0.15, -0.1) is 0 Å². The molecule has 5 aliphatic rings. The topological polar surface area (TPSA) is 13.1 Å². The maximum Gasteiger partial charge on any atom is 0.143 e. The minimum Gasteiger partial charge on any atom is -0.456 e. The van der Waals surface area contributed by atoms with Crippen molar-refractivity contribution in [3.8, 4) is 22.3 Å². The van der Waals surface area contributed by atoms with E-state index in [9.17, 15) is 0 Å². The smallest absolute Gasteiger partial charge is 0.143 e. The molecule has 56 heavy (non-hydrogen) atoms. The molecule has 0 bridgehead atoms. The monoisotopic (exact) mass is 722 g/mol. The molecule has 272 valence electrons. The fourth-order valence-electron chi connectivity index (χ4n) is 10.7. The zero-order chi connectivity index (χ0) is 37.4. The number of aryl methyl sites for hydroxylation is 1. The van der Waals surface area contributed by atoms with Crippen molar-refractivity contribution in [2.45, 2.75) is 70.1 Å². The van der Waals surface area contributed by atoms with Gasteiger partial charge in [-0.25, -0.2) is 0 Å². The van der Waals surface area contributed by atoms with Crippen LogP contribution in [0.25, 0.3) is 73.9 Å². The molecule has 5 aromatic carbocycles. The lowest BCUT2D eigenvalue weighted by molar-refractivity contribution is 0.598. The summed E-state index contributed by atoms with van der Waals surface area (Å²) < 4.78 is 6.72. The Morgan fingerprint density at radius 3 is 2.27 bits per heavy atom. The van der Waals surface area contributed by atoms with Gasteiger partial charge in [0, 0.05) is 27.7 Å². The molecule has 1 nitrogen and oxygen atoms in total. The molecule has 0 aliphatic heterocycles. The summed E-state index contributed by atoms with van der Waals surface area (Å²) in [5, 5.41) is 6.52. The summed E-state index contributed by atoms with van der Waals surface area (Å²) in [7, 11) is 0. The van der Waals surface area contributed by atoms with E-state index < -0.39 is 0 Å². The lowest BCUT2D eigenvalue weighted by atomic mass is 9.78. The highest BCUT2D eigenvalue weighted by molar-refractivity contribution is 6.18. The van der Waals surface area contributed by atoms with Crippen molar-refractivity contribution in [2.75, 3.05) is 0 Å². The van der Waals surface area contributed by atoms with Gasteiger partial charge in [0.15, 0.2) is 0 Å². The molecule has 11 rings (SSSR count). The van der Waals surface area contributed by atoms with E-state index in [1.54, 1.807) is 0 Å². The van der Waals surface area contributed by atoms with Crippen LogP contribution in [0.3, 0.4) is 0 Å². The number of hydrogen-bond acceptors (Lipinski definition) is 1. The molecular formula is C55H46O. The highest BCUT2D eigenvalue weighted by atomic mass is 16.3. The first-order valence-electron chi connectivity index (χ1n) is 20.7. The molecular weight excluding hydrogens is 677 g/mol. The zero-order valence-corrected chi connectivity index (χ0v) is 32.4. The van der Waals surface area contributed by atoms with Gasteiger partial charge in [0.2, 0.25) is 0 Å². The molecule has 1 unspecified atom stereocenters. The van der Waals surface area contributed by atoms with Crippen LogP contribution in [-0.4, -0.2) is 0 Å². The minimum atomic E-state index is -0.170. The second-order valence-electron chi connectivity index (χ2n) is 16.8. The summed E-state index contributed by atoms with van der Waals surface area (Å²) in [4.78, 5) is 0. The first kappa shape index (κ1) is 33.4. The minimum absolute atomic E-state index is 0.170. The predicted octanol–water partition coefficient (Wildman–Crippen LogP) is 13.1. The highest BCUT2D eigenvalue weighted by Gasteiger charge is 2.40. The van der Waals surface area contributed by atoms with E-state index in [0.29, 0.717) is 5.92 Å². The Morgan fingerprint density at radius 2 is 1.41 bits per heavy atom.